The number of allylic oxidation sites excluding steroid dienone is 4. The molecule has 0 radical (unpaired) electrons. The first-order valence-electron chi connectivity index (χ1n) is 11.9. The van der Waals surface area contributed by atoms with E-state index in [2.05, 4.69) is 0 Å². The number of Topliss-reactive ketones (excluding diaryl/α,β-unsaturated/α-hetero) is 2. The maximum Gasteiger partial charge on any atom is 0.306 e. The van der Waals surface area contributed by atoms with Crippen molar-refractivity contribution in [3.8, 4) is 0 Å². The van der Waals surface area contributed by atoms with E-state index in [1.165, 1.54) is 12.2 Å². The molecular formula is C26H32ClFO5. The van der Waals surface area contributed by atoms with E-state index in [0.717, 1.165) is 0 Å². The van der Waals surface area contributed by atoms with Gasteiger partial charge in [0.05, 0.1) is 5.88 Å². The summed E-state index contributed by atoms with van der Waals surface area (Å²) in [6.07, 6.45) is 6.21. The van der Waals surface area contributed by atoms with Gasteiger partial charge in [-0.25, -0.2) is 4.39 Å². The van der Waals surface area contributed by atoms with Gasteiger partial charge in [-0.2, -0.15) is 0 Å². The molecule has 0 unspecified atom stereocenters. The highest BCUT2D eigenvalue weighted by molar-refractivity contribution is 6.29. The monoisotopic (exact) mass is 478 g/mol. The van der Waals surface area contributed by atoms with Crippen LogP contribution < -0.4 is 0 Å². The molecular weight excluding hydrogens is 447 g/mol. The number of ketones is 3. The molecule has 7 heteroatoms. The molecule has 33 heavy (non-hydrogen) atoms. The predicted octanol–water partition coefficient (Wildman–Crippen LogP) is 4.70. The third-order valence-electron chi connectivity index (χ3n) is 9.21. The fourth-order valence-electron chi connectivity index (χ4n) is 7.66. The largest absolute Gasteiger partial charge is 0.450 e. The van der Waals surface area contributed by atoms with Gasteiger partial charge in [0, 0.05) is 35.5 Å². The van der Waals surface area contributed by atoms with E-state index in [0.29, 0.717) is 31.3 Å². The zero-order valence-electron chi connectivity index (χ0n) is 19.7. The standard InChI is InChI=1S/C26H32ClFO5/c1-5-6-22(32)33-26(21(31)14-27)15(2)11-19-18-8-7-16-12-17(29)9-10-23(16,3)25(18,28)20(30)13-24(19,26)4/h9-10,12,15,18-19H,5-8,11,13-14H2,1-4H3/t15-,18+,19+,23+,24+,25+,26+/m1/s1. The fourth-order valence-corrected chi connectivity index (χ4v) is 7.86. The van der Waals surface area contributed by atoms with Crippen molar-refractivity contribution < 1.29 is 28.3 Å². The van der Waals surface area contributed by atoms with E-state index in [1.807, 2.05) is 13.8 Å². The van der Waals surface area contributed by atoms with Crippen molar-refractivity contribution in [3.63, 3.8) is 0 Å². The highest BCUT2D eigenvalue weighted by Gasteiger charge is 2.77. The second kappa shape index (κ2) is 7.86. The van der Waals surface area contributed by atoms with Gasteiger partial charge in [0.2, 0.25) is 0 Å². The molecule has 3 saturated carbocycles. The third kappa shape index (κ3) is 2.95. The summed E-state index contributed by atoms with van der Waals surface area (Å²) in [5, 5.41) is 0. The van der Waals surface area contributed by atoms with Crippen molar-refractivity contribution in [2.45, 2.75) is 77.5 Å². The first-order valence-corrected chi connectivity index (χ1v) is 12.4. The Morgan fingerprint density at radius 2 is 1.94 bits per heavy atom. The summed E-state index contributed by atoms with van der Waals surface area (Å²) in [7, 11) is 0. The molecule has 0 amide bonds. The molecule has 0 saturated heterocycles. The average molecular weight is 479 g/mol. The molecule has 5 nitrogen and oxygen atoms in total. The second-order valence-corrected chi connectivity index (χ2v) is 11.0. The van der Waals surface area contributed by atoms with Crippen LogP contribution in [-0.2, 0) is 23.9 Å². The highest BCUT2D eigenvalue weighted by atomic mass is 35.5. The quantitative estimate of drug-likeness (QED) is 0.422. The van der Waals surface area contributed by atoms with E-state index in [9.17, 15) is 19.2 Å². The fraction of sp³-hybridized carbons (Fsp3) is 0.692. The Bertz CT molecular complexity index is 987. The molecule has 0 N–H and O–H groups in total. The summed E-state index contributed by atoms with van der Waals surface area (Å²) in [6.45, 7) is 7.19. The van der Waals surface area contributed by atoms with Crippen molar-refractivity contribution in [2.75, 3.05) is 5.88 Å². The Hall–Kier alpha value is -1.82. The molecule has 0 aromatic rings. The number of rotatable bonds is 5. The van der Waals surface area contributed by atoms with Gasteiger partial charge < -0.3 is 4.74 Å². The average Bonchev–Trinajstić information content (AvgIpc) is 2.97. The molecule has 0 aromatic carbocycles. The molecule has 4 aliphatic rings. The molecule has 7 atom stereocenters. The first-order chi connectivity index (χ1) is 15.4. The van der Waals surface area contributed by atoms with Gasteiger partial charge in [-0.05, 0) is 50.7 Å². The van der Waals surface area contributed by atoms with E-state index >= 15 is 4.39 Å². The van der Waals surface area contributed by atoms with Crippen molar-refractivity contribution in [1.29, 1.82) is 0 Å². The van der Waals surface area contributed by atoms with E-state index in [-0.39, 0.29) is 30.4 Å². The Kier molecular flexibility index (Phi) is 5.79. The summed E-state index contributed by atoms with van der Waals surface area (Å²) in [5.41, 5.74) is -5.35. The summed E-state index contributed by atoms with van der Waals surface area (Å²) in [4.78, 5) is 51.7. The number of ether oxygens (including phenoxy) is 1. The van der Waals surface area contributed by atoms with Crippen molar-refractivity contribution in [2.24, 2.45) is 28.6 Å². The van der Waals surface area contributed by atoms with Gasteiger partial charge in [-0.3, -0.25) is 19.2 Å². The first kappa shape index (κ1) is 24.3. The number of carbonyl (C=O) groups excluding carboxylic acids is 4. The Labute approximate surface area is 199 Å². The van der Waals surface area contributed by atoms with Crippen molar-refractivity contribution >= 4 is 34.9 Å². The van der Waals surface area contributed by atoms with Crippen LogP contribution in [0.15, 0.2) is 23.8 Å². The van der Waals surface area contributed by atoms with E-state index in [1.54, 1.807) is 19.9 Å². The topological polar surface area (TPSA) is 77.5 Å². The van der Waals surface area contributed by atoms with Gasteiger partial charge in [0.25, 0.3) is 0 Å². The minimum atomic E-state index is -2.19. The molecule has 4 aliphatic carbocycles. The van der Waals surface area contributed by atoms with Crippen LogP contribution in [0.2, 0.25) is 0 Å². The summed E-state index contributed by atoms with van der Waals surface area (Å²) in [6, 6.07) is 0. The predicted molar refractivity (Wildman–Crippen MR) is 121 cm³/mol. The Balaban J connectivity index is 1.84. The van der Waals surface area contributed by atoms with Gasteiger partial charge in [0.15, 0.2) is 28.6 Å². The number of carbonyl (C=O) groups is 4. The smallest absolute Gasteiger partial charge is 0.306 e. The number of alkyl halides is 2. The molecule has 3 fully saturated rings. The van der Waals surface area contributed by atoms with Crippen molar-refractivity contribution in [3.05, 3.63) is 23.8 Å². The number of hydrogen-bond donors (Lipinski definition) is 0. The number of hydrogen-bond acceptors (Lipinski definition) is 5. The van der Waals surface area contributed by atoms with Crippen LogP contribution in [0.5, 0.6) is 0 Å². The minimum Gasteiger partial charge on any atom is -0.450 e. The van der Waals surface area contributed by atoms with Gasteiger partial charge in [-0.15, -0.1) is 11.6 Å². The molecule has 0 aliphatic heterocycles. The van der Waals surface area contributed by atoms with Gasteiger partial charge in [-0.1, -0.05) is 32.4 Å². The lowest BCUT2D eigenvalue weighted by Crippen LogP contribution is -2.68. The maximum absolute atomic E-state index is 17.1. The maximum atomic E-state index is 17.1. The van der Waals surface area contributed by atoms with Crippen LogP contribution in [0.1, 0.15) is 66.2 Å². The zero-order chi connectivity index (χ0) is 24.4. The summed E-state index contributed by atoms with van der Waals surface area (Å²) >= 11 is 6.02. The van der Waals surface area contributed by atoms with Crippen LogP contribution in [0.25, 0.3) is 0 Å². The van der Waals surface area contributed by atoms with Gasteiger partial charge in [0.1, 0.15) is 0 Å². The lowest BCUT2D eigenvalue weighted by Gasteiger charge is -2.59. The molecule has 4 rings (SSSR count). The number of fused-ring (bicyclic) bond motifs is 5. The second-order valence-electron chi connectivity index (χ2n) is 10.7. The van der Waals surface area contributed by atoms with E-state index < -0.39 is 51.5 Å². The van der Waals surface area contributed by atoms with Crippen LogP contribution in [0.3, 0.4) is 0 Å². The van der Waals surface area contributed by atoms with Gasteiger partial charge >= 0.3 is 5.97 Å². The SMILES string of the molecule is CCCC(=O)O[C@]1(C(=O)CCl)[C@H](C)C[C@H]2[C@@H]3CCC4=CC(=O)C=C[C@]4(C)[C@@]3(F)C(=O)C[C@@]21C. The molecule has 0 bridgehead atoms. The van der Waals surface area contributed by atoms with Crippen LogP contribution in [0.4, 0.5) is 4.39 Å². The molecule has 180 valence electrons. The Morgan fingerprint density at radius 1 is 1.24 bits per heavy atom. The summed E-state index contributed by atoms with van der Waals surface area (Å²) < 4.78 is 23.1. The third-order valence-corrected chi connectivity index (χ3v) is 9.45. The Morgan fingerprint density at radius 3 is 2.58 bits per heavy atom. The normalized spacial score (nSPS) is 43.9. The molecule has 0 heterocycles. The zero-order valence-corrected chi connectivity index (χ0v) is 20.5. The molecule has 0 spiro atoms. The van der Waals surface area contributed by atoms with Crippen LogP contribution in [-0.4, -0.2) is 40.5 Å². The van der Waals surface area contributed by atoms with Crippen LogP contribution in [0, 0.1) is 28.6 Å². The lowest BCUT2D eigenvalue weighted by molar-refractivity contribution is -0.201. The lowest BCUT2D eigenvalue weighted by atomic mass is 9.45. The van der Waals surface area contributed by atoms with Crippen molar-refractivity contribution in [1.82, 2.24) is 0 Å². The minimum absolute atomic E-state index is 0.153. The number of halogens is 2. The number of esters is 1. The summed E-state index contributed by atoms with van der Waals surface area (Å²) in [5.74, 6) is -3.45. The van der Waals surface area contributed by atoms with Crippen LogP contribution >= 0.6 is 11.6 Å². The van der Waals surface area contributed by atoms with E-state index in [4.69, 9.17) is 16.3 Å². The highest BCUT2D eigenvalue weighted by Crippen LogP contribution is 2.70. The molecule has 0 aromatic heterocycles.